The lowest BCUT2D eigenvalue weighted by Crippen LogP contribution is -2.34. The maximum absolute atomic E-state index is 12.4. The number of carbonyl (C=O) groups excluding carboxylic acids is 2. The molecule has 146 valence electrons. The van der Waals surface area contributed by atoms with E-state index >= 15 is 0 Å². The second-order valence-corrected chi connectivity index (χ2v) is 5.87. The van der Waals surface area contributed by atoms with Crippen molar-refractivity contribution in [3.8, 4) is 11.5 Å². The van der Waals surface area contributed by atoms with Gasteiger partial charge in [0.15, 0.2) is 30.0 Å². The van der Waals surface area contributed by atoms with E-state index in [1.165, 1.54) is 7.11 Å². The average Bonchev–Trinajstić information content (AvgIpc) is 3.08. The molecule has 27 heavy (non-hydrogen) atoms. The van der Waals surface area contributed by atoms with Crippen molar-refractivity contribution >= 4 is 17.7 Å². The van der Waals surface area contributed by atoms with Gasteiger partial charge in [-0.3, -0.25) is 4.79 Å². The van der Waals surface area contributed by atoms with E-state index in [0.717, 1.165) is 12.8 Å². The van der Waals surface area contributed by atoms with Crippen LogP contribution in [0.3, 0.4) is 0 Å². The van der Waals surface area contributed by atoms with Crippen LogP contribution in [0.1, 0.15) is 31.9 Å². The molecule has 0 radical (unpaired) electrons. The lowest BCUT2D eigenvalue weighted by atomic mass is 10.1. The number of esters is 1. The van der Waals surface area contributed by atoms with Gasteiger partial charge in [-0.2, -0.15) is 0 Å². The fourth-order valence-corrected chi connectivity index (χ4v) is 2.33. The summed E-state index contributed by atoms with van der Waals surface area (Å²) in [6.07, 6.45) is 1.06. The predicted octanol–water partition coefficient (Wildman–Crippen LogP) is 3.11. The minimum absolute atomic E-state index is 0.278. The van der Waals surface area contributed by atoms with Crippen LogP contribution in [-0.2, 0) is 14.3 Å². The molecule has 0 spiro atoms. The van der Waals surface area contributed by atoms with E-state index in [-0.39, 0.29) is 12.4 Å². The van der Waals surface area contributed by atoms with Crippen LogP contribution < -0.4 is 14.8 Å². The van der Waals surface area contributed by atoms with Gasteiger partial charge in [-0.25, -0.2) is 4.79 Å². The lowest BCUT2D eigenvalue weighted by molar-refractivity contribution is -0.156. The molecular weight excluding hydrogens is 352 g/mol. The molecule has 0 aliphatic heterocycles. The first-order valence-corrected chi connectivity index (χ1v) is 8.73. The highest BCUT2D eigenvalue weighted by Crippen LogP contribution is 2.25. The number of nitrogens with zero attached hydrogens (tertiary/aromatic N) is 1. The Morgan fingerprint density at radius 1 is 1.26 bits per heavy atom. The van der Waals surface area contributed by atoms with Gasteiger partial charge in [0.25, 0.3) is 5.91 Å². The highest BCUT2D eigenvalue weighted by molar-refractivity contribution is 5.94. The zero-order valence-corrected chi connectivity index (χ0v) is 15.7. The highest BCUT2D eigenvalue weighted by atomic mass is 16.6. The van der Waals surface area contributed by atoms with Gasteiger partial charge >= 0.3 is 5.97 Å². The molecule has 1 unspecified atom stereocenters. The molecule has 1 atom stereocenters. The third kappa shape index (κ3) is 6.32. The highest BCUT2D eigenvalue weighted by Gasteiger charge is 2.24. The summed E-state index contributed by atoms with van der Waals surface area (Å²) >= 11 is 0. The van der Waals surface area contributed by atoms with Gasteiger partial charge in [-0.15, -0.1) is 0 Å². The van der Waals surface area contributed by atoms with Crippen molar-refractivity contribution in [2.45, 2.75) is 39.2 Å². The van der Waals surface area contributed by atoms with E-state index < -0.39 is 18.0 Å². The van der Waals surface area contributed by atoms with Gasteiger partial charge in [0, 0.05) is 6.07 Å². The number of ether oxygens (including phenoxy) is 3. The van der Waals surface area contributed by atoms with Crippen molar-refractivity contribution in [2.24, 2.45) is 0 Å². The first-order valence-electron chi connectivity index (χ1n) is 8.73. The number of carbonyl (C=O) groups is 2. The van der Waals surface area contributed by atoms with Gasteiger partial charge in [0.05, 0.1) is 7.11 Å². The van der Waals surface area contributed by atoms with Crippen LogP contribution in [-0.4, -0.2) is 36.9 Å². The third-order valence-corrected chi connectivity index (χ3v) is 3.68. The molecule has 2 aromatic rings. The first kappa shape index (κ1) is 20.3. The topological polar surface area (TPSA) is 99.9 Å². The normalized spacial score (nSPS) is 11.5. The van der Waals surface area contributed by atoms with Crippen molar-refractivity contribution in [1.29, 1.82) is 0 Å². The molecule has 0 saturated carbocycles. The van der Waals surface area contributed by atoms with Crippen LogP contribution in [0.25, 0.3) is 0 Å². The average molecular weight is 376 g/mol. The van der Waals surface area contributed by atoms with Crippen molar-refractivity contribution in [3.05, 3.63) is 36.1 Å². The van der Waals surface area contributed by atoms with Crippen LogP contribution in [0.5, 0.6) is 11.5 Å². The summed E-state index contributed by atoms with van der Waals surface area (Å²) in [5.41, 5.74) is 0. The molecular formula is C19H24N2O6. The standard InChI is InChI=1S/C19H24N2O6/c1-4-5-8-16(19(23)20-17-11-13(2)27-21-17)26-18(22)12-25-15-10-7-6-9-14(15)24-3/h6-7,9-11,16H,4-5,8,12H2,1-3H3,(H,20,21,23). The van der Waals surface area contributed by atoms with Gasteiger partial charge in [-0.1, -0.05) is 30.6 Å². The molecule has 1 aromatic heterocycles. The number of para-hydroxylation sites is 2. The quantitative estimate of drug-likeness (QED) is 0.636. The van der Waals surface area contributed by atoms with Crippen molar-refractivity contribution in [2.75, 3.05) is 19.0 Å². The Balaban J connectivity index is 1.93. The zero-order chi connectivity index (χ0) is 19.6. The summed E-state index contributed by atoms with van der Waals surface area (Å²) in [4.78, 5) is 24.6. The Kier molecular flexibility index (Phi) is 7.66. The minimum Gasteiger partial charge on any atom is -0.493 e. The molecule has 0 fully saturated rings. The number of anilines is 1. The number of nitrogens with one attached hydrogen (secondary N) is 1. The number of aryl methyl sites for hydroxylation is 1. The Hall–Kier alpha value is -3.03. The molecule has 0 bridgehead atoms. The SMILES string of the molecule is CCCCC(OC(=O)COc1ccccc1OC)C(=O)Nc1cc(C)on1. The van der Waals surface area contributed by atoms with E-state index in [0.29, 0.717) is 23.7 Å². The Morgan fingerprint density at radius 3 is 2.63 bits per heavy atom. The molecule has 8 heteroatoms. The summed E-state index contributed by atoms with van der Waals surface area (Å²) in [5.74, 6) is 0.672. The van der Waals surface area contributed by atoms with Gasteiger partial charge in [0.1, 0.15) is 5.76 Å². The number of methoxy groups -OCH3 is 1. The number of rotatable bonds is 10. The number of benzene rings is 1. The molecule has 2 rings (SSSR count). The van der Waals surface area contributed by atoms with Gasteiger partial charge in [-0.05, 0) is 31.9 Å². The maximum atomic E-state index is 12.4. The van der Waals surface area contributed by atoms with Crippen molar-refractivity contribution < 1.29 is 28.3 Å². The fraction of sp³-hybridized carbons (Fsp3) is 0.421. The van der Waals surface area contributed by atoms with Gasteiger partial charge in [0.2, 0.25) is 0 Å². The summed E-state index contributed by atoms with van der Waals surface area (Å²) in [5, 5.41) is 6.29. The van der Waals surface area contributed by atoms with E-state index in [4.69, 9.17) is 18.7 Å². The van der Waals surface area contributed by atoms with E-state index in [1.807, 2.05) is 6.92 Å². The number of hydrogen-bond acceptors (Lipinski definition) is 7. The summed E-state index contributed by atoms with van der Waals surface area (Å²) < 4.78 is 20.8. The molecule has 0 aliphatic carbocycles. The van der Waals surface area contributed by atoms with E-state index in [1.54, 1.807) is 37.3 Å². The third-order valence-electron chi connectivity index (χ3n) is 3.68. The molecule has 0 saturated heterocycles. The Morgan fingerprint density at radius 2 is 2.00 bits per heavy atom. The maximum Gasteiger partial charge on any atom is 0.344 e. The van der Waals surface area contributed by atoms with Crippen LogP contribution in [0.4, 0.5) is 5.82 Å². The van der Waals surface area contributed by atoms with Crippen molar-refractivity contribution in [1.82, 2.24) is 5.16 Å². The molecule has 1 aromatic carbocycles. The summed E-state index contributed by atoms with van der Waals surface area (Å²) in [6, 6.07) is 8.54. The Bertz CT molecular complexity index is 758. The number of hydrogen-bond donors (Lipinski definition) is 1. The molecule has 8 nitrogen and oxygen atoms in total. The Labute approximate surface area is 157 Å². The van der Waals surface area contributed by atoms with E-state index in [9.17, 15) is 9.59 Å². The van der Waals surface area contributed by atoms with Crippen LogP contribution >= 0.6 is 0 Å². The first-order chi connectivity index (χ1) is 13.0. The van der Waals surface area contributed by atoms with Crippen LogP contribution in [0, 0.1) is 6.92 Å². The second kappa shape index (κ2) is 10.2. The zero-order valence-electron chi connectivity index (χ0n) is 15.7. The molecule has 0 aliphatic rings. The number of amides is 1. The molecule has 1 amide bonds. The van der Waals surface area contributed by atoms with Gasteiger partial charge < -0.3 is 24.1 Å². The molecule has 1 heterocycles. The second-order valence-electron chi connectivity index (χ2n) is 5.87. The van der Waals surface area contributed by atoms with Crippen LogP contribution in [0.15, 0.2) is 34.9 Å². The minimum atomic E-state index is -0.935. The van der Waals surface area contributed by atoms with Crippen molar-refractivity contribution in [3.63, 3.8) is 0 Å². The fourth-order valence-electron chi connectivity index (χ4n) is 2.33. The summed E-state index contributed by atoms with van der Waals surface area (Å²) in [6.45, 7) is 3.37. The largest absolute Gasteiger partial charge is 0.493 e. The predicted molar refractivity (Wildman–Crippen MR) is 97.8 cm³/mol. The van der Waals surface area contributed by atoms with E-state index in [2.05, 4.69) is 10.5 Å². The molecule has 1 N–H and O–H groups in total. The monoisotopic (exact) mass is 376 g/mol. The lowest BCUT2D eigenvalue weighted by Gasteiger charge is -2.17. The smallest absolute Gasteiger partial charge is 0.344 e. The number of unbranched alkanes of at least 4 members (excludes halogenated alkanes) is 1. The number of aromatic nitrogens is 1. The van der Waals surface area contributed by atoms with Crippen LogP contribution in [0.2, 0.25) is 0 Å². The summed E-state index contributed by atoms with van der Waals surface area (Å²) in [7, 11) is 1.51.